The average Bonchev–Trinajstić information content (AvgIpc) is 3.96. The van der Waals surface area contributed by atoms with Gasteiger partial charge >= 0.3 is 0 Å². The van der Waals surface area contributed by atoms with Crippen LogP contribution in [0.2, 0.25) is 0 Å². The summed E-state index contributed by atoms with van der Waals surface area (Å²) in [5.41, 5.74) is 31.4. The minimum atomic E-state index is -0.561. The highest BCUT2D eigenvalue weighted by atomic mass is 15.1. The molecule has 0 atom stereocenters. The molecule has 0 unspecified atom stereocenters. The fraction of sp³-hybridized carbons (Fsp3) is 0.194. The van der Waals surface area contributed by atoms with E-state index in [1.54, 1.807) is 0 Å². The van der Waals surface area contributed by atoms with Crippen molar-refractivity contribution in [3.05, 3.63) is 207 Å². The Hall–Kier alpha value is -7.36. The molecule has 9 aromatic carbocycles. The van der Waals surface area contributed by atoms with Crippen LogP contribution in [0.1, 0.15) is 97.2 Å². The molecule has 1 spiro atoms. The Morgan fingerprint density at radius 1 is 0.443 bits per heavy atom. The van der Waals surface area contributed by atoms with Crippen LogP contribution in [0.3, 0.4) is 0 Å². The lowest BCUT2D eigenvalue weighted by Crippen LogP contribution is -2.60. The predicted molar refractivity (Wildman–Crippen MR) is 298 cm³/mol. The lowest BCUT2D eigenvalue weighted by atomic mass is 9.33. The van der Waals surface area contributed by atoms with Crippen LogP contribution in [0, 0.1) is 27.7 Å². The zero-order chi connectivity index (χ0) is 47.7. The summed E-state index contributed by atoms with van der Waals surface area (Å²) in [5, 5.41) is 6.66. The van der Waals surface area contributed by atoms with E-state index in [9.17, 15) is 0 Å². The van der Waals surface area contributed by atoms with Crippen molar-refractivity contribution in [3.63, 3.8) is 0 Å². The lowest BCUT2D eigenvalue weighted by molar-refractivity contribution is 0.588. The monoisotopic (exact) mass is 898 g/mol. The van der Waals surface area contributed by atoms with E-state index in [-0.39, 0.29) is 17.5 Å². The lowest BCUT2D eigenvalue weighted by Gasteiger charge is -2.44. The molecular formula is C67H55BN2. The zero-order valence-electron chi connectivity index (χ0n) is 41.9. The normalized spacial score (nSPS) is 14.5. The number of benzene rings is 9. The Morgan fingerprint density at radius 3 is 1.66 bits per heavy atom. The van der Waals surface area contributed by atoms with Gasteiger partial charge in [0.15, 0.2) is 0 Å². The predicted octanol–water partition coefficient (Wildman–Crippen LogP) is 14.9. The Balaban J connectivity index is 1.23. The van der Waals surface area contributed by atoms with Gasteiger partial charge in [0, 0.05) is 38.6 Å². The average molecular weight is 899 g/mol. The van der Waals surface area contributed by atoms with Crippen LogP contribution in [0.25, 0.3) is 88.4 Å². The van der Waals surface area contributed by atoms with Crippen LogP contribution >= 0.6 is 0 Å². The fourth-order valence-electron chi connectivity index (χ4n) is 13.9. The Labute approximate surface area is 411 Å². The summed E-state index contributed by atoms with van der Waals surface area (Å²) in [6.07, 6.45) is 0. The number of rotatable bonds is 2. The van der Waals surface area contributed by atoms with Crippen LogP contribution in [0.4, 0.5) is 0 Å². The highest BCUT2D eigenvalue weighted by molar-refractivity contribution is 7.00. The third-order valence-corrected chi connectivity index (χ3v) is 17.2. The van der Waals surface area contributed by atoms with Crippen LogP contribution in [-0.2, 0) is 16.2 Å². The molecule has 0 bridgehead atoms. The van der Waals surface area contributed by atoms with E-state index >= 15 is 0 Å². The Morgan fingerprint density at radius 2 is 1.01 bits per heavy atom. The molecule has 0 saturated heterocycles. The summed E-state index contributed by atoms with van der Waals surface area (Å²) < 4.78 is 5.50. The first kappa shape index (κ1) is 40.5. The molecule has 0 fully saturated rings. The van der Waals surface area contributed by atoms with Crippen LogP contribution in [0.15, 0.2) is 152 Å². The van der Waals surface area contributed by atoms with E-state index in [2.05, 4.69) is 230 Å². The summed E-state index contributed by atoms with van der Waals surface area (Å²) in [4.78, 5) is 0. The SMILES string of the molecule is Cc1ccc(-c2c(-c3ccc(C)cc3)n3c4c(cc5ccccc5c24)B2c4c-3ccc3c4-n4c5c2cc(C(C)(C)C)cc5c2cc(C(C)(C)C)cc(c24)C32c3cc(C)ccc3-c3ccc(C)cc32)cc1. The first-order chi connectivity index (χ1) is 33.6. The standard InChI is InChI=1S/C67H55BN2/c1-36-15-21-40(22-16-36)57-58-45-14-12-11-13-42(45)31-54-64(58)69(60(57)41-23-17-37(2)18-24-41)56-28-27-50-63-59(56)68(54)55-35-44(66(8,9)10)33-49-48-32-43(65(5,6)7)34-53(61(48)70(63)62(49)55)67(50)51-29-38(3)19-25-46(51)47-26-20-39(4)30-52(47)67/h11-35H,1-10H3. The molecule has 2 nitrogen and oxygen atoms in total. The van der Waals surface area contributed by atoms with E-state index in [0.717, 1.165) is 0 Å². The van der Waals surface area contributed by atoms with Gasteiger partial charge < -0.3 is 9.13 Å². The second kappa shape index (κ2) is 13.1. The van der Waals surface area contributed by atoms with Crippen molar-refractivity contribution in [2.45, 2.75) is 85.5 Å². The molecule has 3 aliphatic heterocycles. The van der Waals surface area contributed by atoms with E-state index in [4.69, 9.17) is 0 Å². The van der Waals surface area contributed by atoms with Crippen molar-refractivity contribution in [3.8, 4) is 44.9 Å². The van der Waals surface area contributed by atoms with Gasteiger partial charge in [-0.25, -0.2) is 0 Å². The molecule has 1 aliphatic carbocycles. The molecule has 0 saturated carbocycles. The summed E-state index contributed by atoms with van der Waals surface area (Å²) in [6.45, 7) is 23.4. The summed E-state index contributed by atoms with van der Waals surface area (Å²) in [7, 11) is 0. The van der Waals surface area contributed by atoms with Crippen molar-refractivity contribution in [2.75, 3.05) is 0 Å². The van der Waals surface area contributed by atoms with Gasteiger partial charge in [0.1, 0.15) is 0 Å². The molecule has 5 heterocycles. The number of hydrogen-bond donors (Lipinski definition) is 0. The van der Waals surface area contributed by atoms with Crippen molar-refractivity contribution in [1.29, 1.82) is 0 Å². The Kier molecular flexibility index (Phi) is 7.57. The number of hydrogen-bond acceptors (Lipinski definition) is 0. The molecular weight excluding hydrogens is 844 g/mol. The topological polar surface area (TPSA) is 9.86 Å². The third-order valence-electron chi connectivity index (χ3n) is 17.2. The van der Waals surface area contributed by atoms with Crippen molar-refractivity contribution in [2.24, 2.45) is 0 Å². The third kappa shape index (κ3) is 4.86. The van der Waals surface area contributed by atoms with Gasteiger partial charge in [-0.15, -0.1) is 0 Å². The minimum absolute atomic E-state index is 0.0196. The van der Waals surface area contributed by atoms with Gasteiger partial charge in [-0.1, -0.05) is 197 Å². The van der Waals surface area contributed by atoms with E-state index in [1.165, 1.54) is 160 Å². The fourth-order valence-corrected chi connectivity index (χ4v) is 13.9. The van der Waals surface area contributed by atoms with Gasteiger partial charge in [0.25, 0.3) is 6.71 Å². The molecule has 3 heteroatoms. The van der Waals surface area contributed by atoms with E-state index in [0.29, 0.717) is 0 Å². The number of fused-ring (bicyclic) bond motifs is 13. The summed E-state index contributed by atoms with van der Waals surface area (Å²) >= 11 is 0. The highest BCUT2D eigenvalue weighted by Gasteiger charge is 2.55. The maximum atomic E-state index is 2.78. The minimum Gasteiger partial charge on any atom is -0.310 e. The molecule has 15 rings (SSSR count). The van der Waals surface area contributed by atoms with Gasteiger partial charge in [-0.3, -0.25) is 0 Å². The van der Waals surface area contributed by atoms with Crippen LogP contribution < -0.4 is 16.4 Å². The molecule has 0 amide bonds. The molecule has 70 heavy (non-hydrogen) atoms. The second-order valence-corrected chi connectivity index (χ2v) is 23.6. The number of aryl methyl sites for hydroxylation is 4. The molecule has 336 valence electrons. The molecule has 0 radical (unpaired) electrons. The molecule has 2 aromatic heterocycles. The van der Waals surface area contributed by atoms with Crippen LogP contribution in [-0.4, -0.2) is 15.8 Å². The van der Waals surface area contributed by atoms with Crippen LogP contribution in [0.5, 0.6) is 0 Å². The molecule has 4 aliphatic rings. The second-order valence-electron chi connectivity index (χ2n) is 23.6. The van der Waals surface area contributed by atoms with Crippen molar-refractivity contribution < 1.29 is 0 Å². The van der Waals surface area contributed by atoms with Crippen molar-refractivity contribution >= 4 is 66.6 Å². The largest absolute Gasteiger partial charge is 0.310 e. The van der Waals surface area contributed by atoms with Gasteiger partial charge in [-0.2, -0.15) is 0 Å². The zero-order valence-corrected chi connectivity index (χ0v) is 41.9. The van der Waals surface area contributed by atoms with E-state index < -0.39 is 5.41 Å². The smallest absolute Gasteiger partial charge is 0.252 e. The first-order valence-electron chi connectivity index (χ1n) is 25.5. The van der Waals surface area contributed by atoms with Gasteiger partial charge in [-0.05, 0) is 140 Å². The number of nitrogens with zero attached hydrogens (tertiary/aromatic N) is 2. The Bertz CT molecular complexity index is 4160. The summed E-state index contributed by atoms with van der Waals surface area (Å²) in [5.74, 6) is 0. The molecule has 11 aromatic rings. The van der Waals surface area contributed by atoms with Gasteiger partial charge in [0.05, 0.1) is 22.1 Å². The van der Waals surface area contributed by atoms with Gasteiger partial charge in [0.2, 0.25) is 0 Å². The molecule has 0 N–H and O–H groups in total. The maximum absolute atomic E-state index is 2.78. The summed E-state index contributed by atoms with van der Waals surface area (Å²) in [6, 6.07) is 60.5. The quantitative estimate of drug-likeness (QED) is 0.153. The number of aromatic nitrogens is 2. The first-order valence-corrected chi connectivity index (χ1v) is 25.5. The maximum Gasteiger partial charge on any atom is 0.252 e. The van der Waals surface area contributed by atoms with Crippen molar-refractivity contribution in [1.82, 2.24) is 9.13 Å². The van der Waals surface area contributed by atoms with E-state index in [1.807, 2.05) is 0 Å². The highest BCUT2D eigenvalue weighted by Crippen LogP contribution is 2.63.